The van der Waals surface area contributed by atoms with E-state index in [0.29, 0.717) is 17.1 Å². The lowest BCUT2D eigenvalue weighted by Gasteiger charge is -2.14. The van der Waals surface area contributed by atoms with Crippen molar-refractivity contribution in [1.82, 2.24) is 20.4 Å². The second-order valence-electron chi connectivity index (χ2n) is 6.25. The lowest BCUT2D eigenvalue weighted by molar-refractivity contribution is 0.0932. The summed E-state index contributed by atoms with van der Waals surface area (Å²) >= 11 is 0. The fourth-order valence-corrected chi connectivity index (χ4v) is 2.59. The molecule has 0 radical (unpaired) electrons. The molecule has 0 aliphatic carbocycles. The Hall–Kier alpha value is -3.20. The molecule has 0 saturated heterocycles. The van der Waals surface area contributed by atoms with Crippen LogP contribution in [0.2, 0.25) is 0 Å². The first-order chi connectivity index (χ1) is 13.4. The Kier molecular flexibility index (Phi) is 5.74. The number of aryl methyl sites for hydroxylation is 1. The maximum atomic E-state index is 13.1. The Morgan fingerprint density at radius 1 is 1.32 bits per heavy atom. The number of nitrogens with one attached hydrogen (secondary N) is 1. The van der Waals surface area contributed by atoms with Gasteiger partial charge in [0.1, 0.15) is 24.6 Å². The zero-order valence-electron chi connectivity index (χ0n) is 15.2. The van der Waals surface area contributed by atoms with Crippen molar-refractivity contribution < 1.29 is 23.2 Å². The van der Waals surface area contributed by atoms with Crippen molar-refractivity contribution in [3.8, 4) is 11.3 Å². The van der Waals surface area contributed by atoms with Crippen LogP contribution in [0.15, 0.2) is 41.1 Å². The highest BCUT2D eigenvalue weighted by molar-refractivity contribution is 5.95. The normalized spacial score (nSPS) is 13.2. The smallest absolute Gasteiger partial charge is 0.251 e. The maximum Gasteiger partial charge on any atom is 0.251 e. The number of hydrogen-bond donors (Lipinski definition) is 2. The molecule has 1 unspecified atom stereocenters. The Labute approximate surface area is 159 Å². The van der Waals surface area contributed by atoms with Crippen LogP contribution in [0.4, 0.5) is 8.78 Å². The molecule has 146 valence electrons. The molecule has 1 amide bonds. The molecular weight excluding hydrogens is 370 g/mol. The molecular formula is C19H18F2N4O3. The number of aliphatic hydroxyl groups is 1. The van der Waals surface area contributed by atoms with Crippen molar-refractivity contribution >= 4 is 5.91 Å². The number of alkyl halides is 1. The largest absolute Gasteiger partial charge is 0.386 e. The summed E-state index contributed by atoms with van der Waals surface area (Å²) in [5, 5.41) is 16.3. The number of carbonyl (C=O) groups is 1. The first-order valence-electron chi connectivity index (χ1n) is 8.49. The SMILES string of the molecule is Cc1noc([C@@H](C)NC(=O)c2cc(-c3ccc(F)cn3)cc(C(O)CF)c2)n1. The number of pyridine rings is 1. The molecule has 3 rings (SSSR count). The van der Waals surface area contributed by atoms with Gasteiger partial charge in [-0.1, -0.05) is 5.16 Å². The standard InChI is InChI=1S/C19H18F2N4O3/c1-10(19-24-11(2)25-28-19)23-18(27)14-6-12(5-13(7-14)17(26)8-20)16-4-3-15(21)9-22-16/h3-7,9-10,17,26H,8H2,1-2H3,(H,23,27)/t10-,17?/m1/s1. The second kappa shape index (κ2) is 8.22. The van der Waals surface area contributed by atoms with Gasteiger partial charge in [-0.3, -0.25) is 9.78 Å². The van der Waals surface area contributed by atoms with Gasteiger partial charge in [-0.2, -0.15) is 4.98 Å². The van der Waals surface area contributed by atoms with Crippen molar-refractivity contribution in [3.63, 3.8) is 0 Å². The number of hydrogen-bond acceptors (Lipinski definition) is 6. The molecule has 0 aliphatic rings. The van der Waals surface area contributed by atoms with Gasteiger partial charge in [0.25, 0.3) is 5.91 Å². The third kappa shape index (κ3) is 4.37. The predicted molar refractivity (Wildman–Crippen MR) is 95.5 cm³/mol. The number of carbonyl (C=O) groups excluding carboxylic acids is 1. The van der Waals surface area contributed by atoms with E-state index in [-0.39, 0.29) is 17.0 Å². The predicted octanol–water partition coefficient (Wildman–Crippen LogP) is 3.07. The summed E-state index contributed by atoms with van der Waals surface area (Å²) in [6.07, 6.45) is -0.365. The van der Waals surface area contributed by atoms with E-state index in [0.717, 1.165) is 6.20 Å². The van der Waals surface area contributed by atoms with Gasteiger partial charge < -0.3 is 14.9 Å². The van der Waals surface area contributed by atoms with Crippen LogP contribution in [-0.4, -0.2) is 32.8 Å². The summed E-state index contributed by atoms with van der Waals surface area (Å²) in [6, 6.07) is 6.51. The van der Waals surface area contributed by atoms with E-state index >= 15 is 0 Å². The van der Waals surface area contributed by atoms with Crippen LogP contribution in [0.3, 0.4) is 0 Å². The van der Waals surface area contributed by atoms with E-state index in [9.17, 15) is 18.7 Å². The third-order valence-corrected chi connectivity index (χ3v) is 4.03. The van der Waals surface area contributed by atoms with Crippen LogP contribution >= 0.6 is 0 Å². The fraction of sp³-hybridized carbons (Fsp3) is 0.263. The zero-order chi connectivity index (χ0) is 20.3. The lowest BCUT2D eigenvalue weighted by Crippen LogP contribution is -2.27. The Bertz CT molecular complexity index is 976. The Morgan fingerprint density at radius 3 is 2.71 bits per heavy atom. The molecule has 28 heavy (non-hydrogen) atoms. The lowest BCUT2D eigenvalue weighted by atomic mass is 9.99. The summed E-state index contributed by atoms with van der Waals surface area (Å²) in [6.45, 7) is 2.32. The molecule has 0 aliphatic heterocycles. The second-order valence-corrected chi connectivity index (χ2v) is 6.25. The average molecular weight is 388 g/mol. The van der Waals surface area contributed by atoms with Crippen LogP contribution in [0.1, 0.15) is 46.7 Å². The van der Waals surface area contributed by atoms with Gasteiger partial charge in [-0.05, 0) is 49.7 Å². The molecule has 0 fully saturated rings. The molecule has 2 aromatic heterocycles. The molecule has 9 heteroatoms. The average Bonchev–Trinajstić information content (AvgIpc) is 3.14. The van der Waals surface area contributed by atoms with E-state index in [2.05, 4.69) is 20.4 Å². The molecule has 0 saturated carbocycles. The van der Waals surface area contributed by atoms with Crippen LogP contribution < -0.4 is 5.32 Å². The fourth-order valence-electron chi connectivity index (χ4n) is 2.59. The third-order valence-electron chi connectivity index (χ3n) is 4.03. The van der Waals surface area contributed by atoms with E-state index in [1.165, 1.54) is 30.3 Å². The molecule has 7 nitrogen and oxygen atoms in total. The van der Waals surface area contributed by atoms with Crippen molar-refractivity contribution in [2.45, 2.75) is 26.0 Å². The van der Waals surface area contributed by atoms with E-state index in [4.69, 9.17) is 4.52 Å². The van der Waals surface area contributed by atoms with Gasteiger partial charge in [-0.15, -0.1) is 0 Å². The van der Waals surface area contributed by atoms with Crippen molar-refractivity contribution in [1.29, 1.82) is 0 Å². The zero-order valence-corrected chi connectivity index (χ0v) is 15.2. The van der Waals surface area contributed by atoms with Gasteiger partial charge >= 0.3 is 0 Å². The van der Waals surface area contributed by atoms with E-state index in [1.807, 2.05) is 0 Å². The molecule has 3 aromatic rings. The summed E-state index contributed by atoms with van der Waals surface area (Å²) in [5.41, 5.74) is 1.20. The van der Waals surface area contributed by atoms with Crippen LogP contribution in [0, 0.1) is 12.7 Å². The molecule has 2 heterocycles. The monoisotopic (exact) mass is 388 g/mol. The van der Waals surface area contributed by atoms with Crippen LogP contribution in [-0.2, 0) is 0 Å². The topological polar surface area (TPSA) is 101 Å². The highest BCUT2D eigenvalue weighted by Gasteiger charge is 2.19. The summed E-state index contributed by atoms with van der Waals surface area (Å²) in [7, 11) is 0. The van der Waals surface area contributed by atoms with E-state index < -0.39 is 30.5 Å². The van der Waals surface area contributed by atoms with Gasteiger partial charge in [0, 0.05) is 11.1 Å². The van der Waals surface area contributed by atoms with Crippen molar-refractivity contribution in [2.24, 2.45) is 0 Å². The van der Waals surface area contributed by atoms with E-state index in [1.54, 1.807) is 13.8 Å². The molecule has 2 N–H and O–H groups in total. The minimum Gasteiger partial charge on any atom is -0.386 e. The van der Waals surface area contributed by atoms with Crippen molar-refractivity contribution in [3.05, 3.63) is 65.2 Å². The van der Waals surface area contributed by atoms with Crippen molar-refractivity contribution in [2.75, 3.05) is 6.67 Å². The van der Waals surface area contributed by atoms with Gasteiger partial charge in [0.15, 0.2) is 5.82 Å². The first-order valence-corrected chi connectivity index (χ1v) is 8.49. The first kappa shape index (κ1) is 19.6. The molecule has 1 aromatic carbocycles. The number of aliphatic hydroxyl groups excluding tert-OH is 1. The number of halogens is 2. The minimum absolute atomic E-state index is 0.175. The van der Waals surface area contributed by atoms with Gasteiger partial charge in [0.2, 0.25) is 5.89 Å². The van der Waals surface area contributed by atoms with Crippen LogP contribution in [0.25, 0.3) is 11.3 Å². The Balaban J connectivity index is 1.93. The number of nitrogens with zero attached hydrogens (tertiary/aromatic N) is 3. The quantitative estimate of drug-likeness (QED) is 0.673. The molecule has 0 spiro atoms. The molecule has 0 bridgehead atoms. The summed E-state index contributed by atoms with van der Waals surface area (Å²) in [5.74, 6) is -0.315. The number of rotatable bonds is 6. The minimum atomic E-state index is -1.40. The van der Waals surface area contributed by atoms with Crippen LogP contribution in [0.5, 0.6) is 0 Å². The Morgan fingerprint density at radius 2 is 2.11 bits per heavy atom. The van der Waals surface area contributed by atoms with Gasteiger partial charge in [-0.25, -0.2) is 8.78 Å². The number of aromatic nitrogens is 3. The molecule has 2 atom stereocenters. The highest BCUT2D eigenvalue weighted by atomic mass is 19.1. The summed E-state index contributed by atoms with van der Waals surface area (Å²) < 4.78 is 31.2. The summed E-state index contributed by atoms with van der Waals surface area (Å²) in [4.78, 5) is 20.7. The van der Waals surface area contributed by atoms with Gasteiger partial charge in [0.05, 0.1) is 11.9 Å². The highest BCUT2D eigenvalue weighted by Crippen LogP contribution is 2.25. The number of benzene rings is 1. The number of amides is 1. The maximum absolute atomic E-state index is 13.1.